The molecule has 0 radical (unpaired) electrons. The van der Waals surface area contributed by atoms with Crippen LogP contribution in [0, 0.1) is 11.3 Å². The van der Waals surface area contributed by atoms with E-state index in [0.29, 0.717) is 11.1 Å². The number of benzene rings is 1. The van der Waals surface area contributed by atoms with Crippen LogP contribution in [0.3, 0.4) is 0 Å². The Morgan fingerprint density at radius 1 is 1.56 bits per heavy atom. The summed E-state index contributed by atoms with van der Waals surface area (Å²) in [5.41, 5.74) is 6.45. The van der Waals surface area contributed by atoms with Gasteiger partial charge in [-0.15, -0.1) is 0 Å². The summed E-state index contributed by atoms with van der Waals surface area (Å²) in [5.74, 6) is -0.725. The molecule has 0 atom stereocenters. The van der Waals surface area contributed by atoms with Gasteiger partial charge in [-0.05, 0) is 12.1 Å². The molecule has 6 nitrogen and oxygen atoms in total. The van der Waals surface area contributed by atoms with E-state index in [9.17, 15) is 4.79 Å². The van der Waals surface area contributed by atoms with Crippen LogP contribution in [0.2, 0.25) is 0 Å². The Kier molecular flexibility index (Phi) is 3.08. The lowest BCUT2D eigenvalue weighted by molar-refractivity contribution is 0.0995. The Labute approximate surface area is 102 Å². The predicted octanol–water partition coefficient (Wildman–Crippen LogP) is 0.804. The Morgan fingerprint density at radius 2 is 2.33 bits per heavy atom. The number of aromatic nitrogens is 1. The number of carbonyl (C=O) groups excluding carboxylic acids is 1. The molecule has 1 aromatic heterocycles. The first-order valence-electron chi connectivity index (χ1n) is 5.07. The zero-order valence-electron chi connectivity index (χ0n) is 9.25. The number of aliphatic hydroxyl groups excluding tert-OH is 1. The van der Waals surface area contributed by atoms with Crippen LogP contribution in [0.4, 0.5) is 0 Å². The van der Waals surface area contributed by atoms with Gasteiger partial charge in [-0.1, -0.05) is 17.3 Å². The van der Waals surface area contributed by atoms with E-state index in [0.717, 1.165) is 0 Å². The van der Waals surface area contributed by atoms with Crippen molar-refractivity contribution < 1.29 is 14.4 Å². The van der Waals surface area contributed by atoms with Gasteiger partial charge in [0.25, 0.3) is 5.91 Å². The number of aliphatic hydroxyl groups is 1. The normalized spacial score (nSPS) is 10.0. The molecule has 0 unspecified atom stereocenters. The molecule has 1 amide bonds. The van der Waals surface area contributed by atoms with E-state index < -0.39 is 12.5 Å². The number of nitriles is 1. The highest BCUT2D eigenvalue weighted by Gasteiger charge is 2.21. The second-order valence-corrected chi connectivity index (χ2v) is 3.54. The van der Waals surface area contributed by atoms with Gasteiger partial charge in [0.1, 0.15) is 17.9 Å². The van der Waals surface area contributed by atoms with Crippen LogP contribution in [-0.2, 0) is 6.61 Å². The maximum Gasteiger partial charge on any atom is 0.254 e. The van der Waals surface area contributed by atoms with Crippen molar-refractivity contribution in [2.45, 2.75) is 6.61 Å². The first kappa shape index (κ1) is 11.8. The fourth-order valence-corrected chi connectivity index (χ4v) is 1.62. The molecule has 0 bridgehead atoms. The zero-order valence-corrected chi connectivity index (χ0v) is 9.25. The van der Waals surface area contributed by atoms with Crippen molar-refractivity contribution in [3.8, 4) is 17.3 Å². The Morgan fingerprint density at radius 3 is 2.94 bits per heavy atom. The summed E-state index contributed by atoms with van der Waals surface area (Å²) >= 11 is 0. The zero-order chi connectivity index (χ0) is 13.1. The van der Waals surface area contributed by atoms with E-state index >= 15 is 0 Å². The molecule has 0 spiro atoms. The first-order chi connectivity index (χ1) is 8.67. The molecular weight excluding hydrogens is 234 g/mol. The van der Waals surface area contributed by atoms with Crippen LogP contribution in [0.1, 0.15) is 21.7 Å². The van der Waals surface area contributed by atoms with Crippen LogP contribution in [0.15, 0.2) is 28.8 Å². The SMILES string of the molecule is N#Cc1cccc(-c2noc(CO)c2C(N)=O)c1. The second-order valence-electron chi connectivity index (χ2n) is 3.54. The number of rotatable bonds is 3. The average Bonchev–Trinajstić information content (AvgIpc) is 2.82. The molecule has 18 heavy (non-hydrogen) atoms. The molecule has 3 N–H and O–H groups in total. The van der Waals surface area contributed by atoms with Crippen LogP contribution in [-0.4, -0.2) is 16.2 Å². The van der Waals surface area contributed by atoms with Crippen molar-refractivity contribution in [2.24, 2.45) is 5.73 Å². The molecule has 1 aromatic carbocycles. The summed E-state index contributed by atoms with van der Waals surface area (Å²) in [5, 5.41) is 21.6. The molecule has 90 valence electrons. The summed E-state index contributed by atoms with van der Waals surface area (Å²) in [6.07, 6.45) is 0. The van der Waals surface area contributed by atoms with Gasteiger partial charge in [-0.2, -0.15) is 5.26 Å². The van der Waals surface area contributed by atoms with E-state index in [1.807, 2.05) is 6.07 Å². The quantitative estimate of drug-likeness (QED) is 0.827. The van der Waals surface area contributed by atoms with Crippen LogP contribution in [0.5, 0.6) is 0 Å². The van der Waals surface area contributed by atoms with Gasteiger partial charge in [-0.25, -0.2) is 0 Å². The van der Waals surface area contributed by atoms with E-state index in [1.165, 1.54) is 0 Å². The molecule has 0 fully saturated rings. The maximum absolute atomic E-state index is 11.3. The largest absolute Gasteiger partial charge is 0.388 e. The minimum Gasteiger partial charge on any atom is -0.388 e. The number of hydrogen-bond acceptors (Lipinski definition) is 5. The van der Waals surface area contributed by atoms with Gasteiger partial charge in [0.15, 0.2) is 5.76 Å². The molecule has 0 aliphatic carbocycles. The monoisotopic (exact) mass is 243 g/mol. The molecule has 0 saturated carbocycles. The summed E-state index contributed by atoms with van der Waals surface area (Å²) < 4.78 is 4.85. The Balaban J connectivity index is 2.60. The van der Waals surface area contributed by atoms with Gasteiger partial charge in [0.05, 0.1) is 11.6 Å². The van der Waals surface area contributed by atoms with Gasteiger partial charge < -0.3 is 15.4 Å². The molecule has 0 saturated heterocycles. The summed E-state index contributed by atoms with van der Waals surface area (Å²) in [6.45, 7) is -0.469. The lowest BCUT2D eigenvalue weighted by Crippen LogP contribution is -2.13. The van der Waals surface area contributed by atoms with Crippen molar-refractivity contribution >= 4 is 5.91 Å². The molecule has 0 aliphatic heterocycles. The lowest BCUT2D eigenvalue weighted by atomic mass is 10.0. The van der Waals surface area contributed by atoms with Crippen LogP contribution in [0.25, 0.3) is 11.3 Å². The fourth-order valence-electron chi connectivity index (χ4n) is 1.62. The average molecular weight is 243 g/mol. The molecule has 2 aromatic rings. The van der Waals surface area contributed by atoms with Gasteiger partial charge in [0.2, 0.25) is 0 Å². The van der Waals surface area contributed by atoms with Crippen molar-refractivity contribution in [3.05, 3.63) is 41.2 Å². The third kappa shape index (κ3) is 1.95. The van der Waals surface area contributed by atoms with Crippen molar-refractivity contribution in [1.82, 2.24) is 5.16 Å². The Hall–Kier alpha value is -2.65. The third-order valence-corrected chi connectivity index (χ3v) is 2.42. The van der Waals surface area contributed by atoms with Crippen molar-refractivity contribution in [1.29, 1.82) is 5.26 Å². The number of hydrogen-bond donors (Lipinski definition) is 2. The minimum absolute atomic E-state index is 0.0138. The summed E-state index contributed by atoms with van der Waals surface area (Å²) in [4.78, 5) is 11.3. The number of nitrogens with zero attached hydrogens (tertiary/aromatic N) is 2. The van der Waals surface area contributed by atoms with Crippen molar-refractivity contribution in [2.75, 3.05) is 0 Å². The topological polar surface area (TPSA) is 113 Å². The van der Waals surface area contributed by atoms with Gasteiger partial charge in [-0.3, -0.25) is 4.79 Å². The summed E-state index contributed by atoms with van der Waals surface area (Å²) in [7, 11) is 0. The smallest absolute Gasteiger partial charge is 0.254 e. The highest BCUT2D eigenvalue weighted by Crippen LogP contribution is 2.25. The third-order valence-electron chi connectivity index (χ3n) is 2.42. The van der Waals surface area contributed by atoms with Gasteiger partial charge >= 0.3 is 0 Å². The standard InChI is InChI=1S/C12H9N3O3/c13-5-7-2-1-3-8(4-7)11-10(12(14)17)9(6-16)18-15-11/h1-4,16H,6H2,(H2,14,17). The Bertz CT molecular complexity index is 640. The molecule has 6 heteroatoms. The van der Waals surface area contributed by atoms with Crippen molar-refractivity contribution in [3.63, 3.8) is 0 Å². The van der Waals surface area contributed by atoms with E-state index in [2.05, 4.69) is 5.16 Å². The van der Waals surface area contributed by atoms with Crippen LogP contribution >= 0.6 is 0 Å². The van der Waals surface area contributed by atoms with E-state index in [-0.39, 0.29) is 17.0 Å². The molecule has 2 rings (SSSR count). The summed E-state index contributed by atoms with van der Waals surface area (Å²) in [6, 6.07) is 8.50. The van der Waals surface area contributed by atoms with Gasteiger partial charge in [0, 0.05) is 5.56 Å². The lowest BCUT2D eigenvalue weighted by Gasteiger charge is -1.99. The number of carbonyl (C=O) groups is 1. The molecular formula is C12H9N3O3. The fraction of sp³-hybridized carbons (Fsp3) is 0.0833. The second kappa shape index (κ2) is 4.69. The number of amides is 1. The highest BCUT2D eigenvalue weighted by molar-refractivity contribution is 5.99. The number of primary amides is 1. The van der Waals surface area contributed by atoms with Crippen LogP contribution < -0.4 is 5.73 Å². The molecule has 1 heterocycles. The predicted molar refractivity (Wildman–Crippen MR) is 61.1 cm³/mol. The number of nitrogens with two attached hydrogens (primary N) is 1. The highest BCUT2D eigenvalue weighted by atomic mass is 16.5. The minimum atomic E-state index is -0.738. The van der Waals surface area contributed by atoms with E-state index in [4.69, 9.17) is 20.6 Å². The molecule has 0 aliphatic rings. The maximum atomic E-state index is 11.3. The van der Waals surface area contributed by atoms with E-state index in [1.54, 1.807) is 24.3 Å². The first-order valence-corrected chi connectivity index (χ1v) is 5.07.